The number of halogens is 1. The minimum absolute atomic E-state index is 0.367. The van der Waals surface area contributed by atoms with Crippen LogP contribution in [0.15, 0.2) is 22.7 Å². The summed E-state index contributed by atoms with van der Waals surface area (Å²) in [6, 6.07) is 4.94. The molecule has 0 aliphatic rings. The van der Waals surface area contributed by atoms with Crippen molar-refractivity contribution in [3.63, 3.8) is 0 Å². The Hall–Kier alpha value is -1.07. The lowest BCUT2D eigenvalue weighted by Crippen LogP contribution is -2.42. The Balaban J connectivity index is 3.26. The molecule has 0 amide bonds. The molecule has 76 valence electrons. The van der Waals surface area contributed by atoms with Crippen molar-refractivity contribution >= 4 is 27.6 Å². The topological polar surface area (TPSA) is 89.3 Å². The summed E-state index contributed by atoms with van der Waals surface area (Å²) >= 11 is 3.23. The number of anilines is 1. The van der Waals surface area contributed by atoms with Gasteiger partial charge in [-0.2, -0.15) is 0 Å². The zero-order chi connectivity index (χ0) is 10.9. The average molecular weight is 259 g/mol. The summed E-state index contributed by atoms with van der Waals surface area (Å²) < 4.78 is 0.792. The van der Waals surface area contributed by atoms with Crippen molar-refractivity contribution in [2.45, 2.75) is 12.5 Å². The van der Waals surface area contributed by atoms with Crippen LogP contribution in [0.2, 0.25) is 0 Å². The summed E-state index contributed by atoms with van der Waals surface area (Å²) in [5.41, 5.74) is 10.6. The number of nitrogen functional groups attached to an aromatic ring is 1. The van der Waals surface area contributed by atoms with Crippen LogP contribution in [0.4, 0.5) is 5.69 Å². The van der Waals surface area contributed by atoms with E-state index < -0.39 is 11.5 Å². The SMILES string of the molecule is C[C@@](N)(C(=O)O)c1ccc(Br)cc1N. The Labute approximate surface area is 90.0 Å². The average Bonchev–Trinajstić information content (AvgIpc) is 2.02. The van der Waals surface area contributed by atoms with Gasteiger partial charge in [-0.1, -0.05) is 22.0 Å². The lowest BCUT2D eigenvalue weighted by molar-refractivity contribution is -0.143. The van der Waals surface area contributed by atoms with E-state index in [9.17, 15) is 4.79 Å². The van der Waals surface area contributed by atoms with E-state index in [2.05, 4.69) is 15.9 Å². The van der Waals surface area contributed by atoms with E-state index >= 15 is 0 Å². The molecule has 0 unspecified atom stereocenters. The van der Waals surface area contributed by atoms with E-state index in [1.54, 1.807) is 18.2 Å². The molecule has 5 N–H and O–H groups in total. The first kappa shape index (κ1) is 11.0. The Bertz CT molecular complexity index is 377. The highest BCUT2D eigenvalue weighted by Gasteiger charge is 2.31. The molecule has 0 aliphatic heterocycles. The van der Waals surface area contributed by atoms with E-state index in [-0.39, 0.29) is 0 Å². The minimum atomic E-state index is -1.45. The first-order chi connectivity index (χ1) is 6.35. The summed E-state index contributed by atoms with van der Waals surface area (Å²) in [5, 5.41) is 8.90. The second-order valence-corrected chi connectivity index (χ2v) is 4.15. The van der Waals surface area contributed by atoms with Gasteiger partial charge in [-0.05, 0) is 19.1 Å². The van der Waals surface area contributed by atoms with Crippen molar-refractivity contribution in [1.29, 1.82) is 0 Å². The fourth-order valence-electron chi connectivity index (χ4n) is 1.12. The van der Waals surface area contributed by atoms with E-state index in [0.29, 0.717) is 11.3 Å². The van der Waals surface area contributed by atoms with Gasteiger partial charge in [-0.3, -0.25) is 0 Å². The van der Waals surface area contributed by atoms with Gasteiger partial charge in [0.2, 0.25) is 0 Å². The predicted octanol–water partition coefficient (Wildman–Crippen LogP) is 1.29. The van der Waals surface area contributed by atoms with Crippen LogP contribution in [0.5, 0.6) is 0 Å². The molecule has 0 radical (unpaired) electrons. The molecular formula is C9H11BrN2O2. The first-order valence-electron chi connectivity index (χ1n) is 3.93. The van der Waals surface area contributed by atoms with Gasteiger partial charge in [0.25, 0.3) is 0 Å². The van der Waals surface area contributed by atoms with Gasteiger partial charge < -0.3 is 16.6 Å². The molecule has 0 aliphatic carbocycles. The molecule has 4 nitrogen and oxygen atoms in total. The van der Waals surface area contributed by atoms with Crippen LogP contribution in [0.1, 0.15) is 12.5 Å². The van der Waals surface area contributed by atoms with Crippen LogP contribution in [-0.2, 0) is 10.3 Å². The maximum atomic E-state index is 10.9. The third kappa shape index (κ3) is 1.88. The third-order valence-electron chi connectivity index (χ3n) is 2.02. The molecule has 0 fully saturated rings. The van der Waals surface area contributed by atoms with Crippen LogP contribution in [0, 0.1) is 0 Å². The van der Waals surface area contributed by atoms with Gasteiger partial charge >= 0.3 is 5.97 Å². The molecular weight excluding hydrogens is 248 g/mol. The molecule has 0 spiro atoms. The molecule has 0 saturated heterocycles. The van der Waals surface area contributed by atoms with Gasteiger partial charge in [0, 0.05) is 15.7 Å². The fraction of sp³-hybridized carbons (Fsp3) is 0.222. The quantitative estimate of drug-likeness (QED) is 0.698. The molecule has 1 rings (SSSR count). The van der Waals surface area contributed by atoms with Gasteiger partial charge in [-0.15, -0.1) is 0 Å². The standard InChI is InChI=1S/C9H11BrN2O2/c1-9(12,8(13)14)6-3-2-5(10)4-7(6)11/h2-4H,11-12H2,1H3,(H,13,14)/t9-/m0/s1. The van der Waals surface area contributed by atoms with E-state index in [4.69, 9.17) is 16.6 Å². The van der Waals surface area contributed by atoms with Gasteiger partial charge in [0.15, 0.2) is 0 Å². The summed E-state index contributed by atoms with van der Waals surface area (Å²) in [5.74, 6) is -1.11. The van der Waals surface area contributed by atoms with Gasteiger partial charge in [0.1, 0.15) is 5.54 Å². The monoisotopic (exact) mass is 258 g/mol. The molecule has 1 atom stereocenters. The number of hydrogen-bond acceptors (Lipinski definition) is 3. The van der Waals surface area contributed by atoms with Crippen LogP contribution >= 0.6 is 15.9 Å². The van der Waals surface area contributed by atoms with E-state index in [1.807, 2.05) is 0 Å². The van der Waals surface area contributed by atoms with Gasteiger partial charge in [-0.25, -0.2) is 4.79 Å². The van der Waals surface area contributed by atoms with Gasteiger partial charge in [0.05, 0.1) is 0 Å². The largest absolute Gasteiger partial charge is 0.480 e. The number of hydrogen-bond donors (Lipinski definition) is 3. The molecule has 1 aromatic rings. The number of benzene rings is 1. The molecule has 0 saturated carbocycles. The number of carboxylic acids is 1. The maximum absolute atomic E-state index is 10.9. The van der Waals surface area contributed by atoms with Crippen LogP contribution in [-0.4, -0.2) is 11.1 Å². The second-order valence-electron chi connectivity index (χ2n) is 3.24. The van der Waals surface area contributed by atoms with E-state index in [1.165, 1.54) is 6.92 Å². The normalized spacial score (nSPS) is 14.8. The van der Waals surface area contributed by atoms with Crippen molar-refractivity contribution < 1.29 is 9.90 Å². The summed E-state index contributed by atoms with van der Waals surface area (Å²) in [6.07, 6.45) is 0. The Morgan fingerprint density at radius 1 is 1.57 bits per heavy atom. The van der Waals surface area contributed by atoms with Crippen molar-refractivity contribution in [2.75, 3.05) is 5.73 Å². The molecule has 14 heavy (non-hydrogen) atoms. The smallest absolute Gasteiger partial charge is 0.328 e. The molecule has 0 aromatic heterocycles. The third-order valence-corrected chi connectivity index (χ3v) is 2.51. The van der Waals surface area contributed by atoms with Crippen molar-refractivity contribution in [2.24, 2.45) is 5.73 Å². The van der Waals surface area contributed by atoms with Crippen LogP contribution < -0.4 is 11.5 Å². The van der Waals surface area contributed by atoms with Crippen molar-refractivity contribution in [3.05, 3.63) is 28.2 Å². The highest BCUT2D eigenvalue weighted by Crippen LogP contribution is 2.27. The lowest BCUT2D eigenvalue weighted by Gasteiger charge is -2.21. The second kappa shape index (κ2) is 3.59. The number of carbonyl (C=O) groups is 1. The maximum Gasteiger partial charge on any atom is 0.328 e. The summed E-state index contributed by atoms with van der Waals surface area (Å²) in [4.78, 5) is 10.9. The number of rotatable bonds is 2. The van der Waals surface area contributed by atoms with Crippen molar-refractivity contribution in [1.82, 2.24) is 0 Å². The predicted molar refractivity (Wildman–Crippen MR) is 57.7 cm³/mol. The number of carboxylic acid groups (broad SMARTS) is 1. The Morgan fingerprint density at radius 2 is 2.14 bits per heavy atom. The highest BCUT2D eigenvalue weighted by molar-refractivity contribution is 9.10. The van der Waals surface area contributed by atoms with Crippen LogP contribution in [0.25, 0.3) is 0 Å². The first-order valence-corrected chi connectivity index (χ1v) is 4.73. The zero-order valence-corrected chi connectivity index (χ0v) is 9.21. The minimum Gasteiger partial charge on any atom is -0.480 e. The number of aliphatic carboxylic acids is 1. The molecule has 0 heterocycles. The molecule has 0 bridgehead atoms. The van der Waals surface area contributed by atoms with Crippen LogP contribution in [0.3, 0.4) is 0 Å². The zero-order valence-electron chi connectivity index (χ0n) is 7.62. The molecule has 1 aromatic carbocycles. The molecule has 5 heteroatoms. The highest BCUT2D eigenvalue weighted by atomic mass is 79.9. The lowest BCUT2D eigenvalue weighted by atomic mass is 9.92. The fourth-order valence-corrected chi connectivity index (χ4v) is 1.50. The Kier molecular flexibility index (Phi) is 2.82. The van der Waals surface area contributed by atoms with E-state index in [0.717, 1.165) is 4.47 Å². The number of nitrogens with two attached hydrogens (primary N) is 2. The summed E-state index contributed by atoms with van der Waals surface area (Å²) in [7, 11) is 0. The summed E-state index contributed by atoms with van der Waals surface area (Å²) in [6.45, 7) is 1.41. The van der Waals surface area contributed by atoms with Crippen molar-refractivity contribution in [3.8, 4) is 0 Å². The Morgan fingerprint density at radius 3 is 2.57 bits per heavy atom.